The molecule has 42 heavy (non-hydrogen) atoms. The molecular weight excluding hydrogens is 542 g/mol. The Morgan fingerprint density at radius 3 is 2.48 bits per heavy atom. The monoisotopic (exact) mass is 569 g/mol. The number of nitrogens with one attached hydrogen (secondary N) is 3. The molecule has 0 aromatic carbocycles. The number of pyridine rings is 1. The average molecular weight is 570 g/mol. The highest BCUT2D eigenvalue weighted by molar-refractivity contribution is 6.07. The number of hydrogen-bond acceptors (Lipinski definition) is 10. The van der Waals surface area contributed by atoms with Gasteiger partial charge in [-0.1, -0.05) is 6.07 Å². The molecule has 3 saturated heterocycles. The Labute approximate surface area is 238 Å². The largest absolute Gasteiger partial charge is 0.383 e. The first-order chi connectivity index (χ1) is 20.2. The van der Waals surface area contributed by atoms with Crippen molar-refractivity contribution < 1.29 is 19.2 Å². The minimum atomic E-state index is -1.29. The molecular formula is C27H27N11O4. The van der Waals surface area contributed by atoms with E-state index in [9.17, 15) is 19.2 Å². The maximum Gasteiger partial charge on any atom is 0.322 e. The third-order valence-corrected chi connectivity index (χ3v) is 8.67. The molecule has 3 aliphatic heterocycles. The molecule has 214 valence electrons. The number of carbonyl (C=O) groups excluding carboxylic acids is 4. The van der Waals surface area contributed by atoms with Crippen LogP contribution in [0.3, 0.4) is 0 Å². The lowest BCUT2D eigenvalue weighted by atomic mass is 9.85. The van der Waals surface area contributed by atoms with Crippen LogP contribution in [0.4, 0.5) is 10.6 Å². The summed E-state index contributed by atoms with van der Waals surface area (Å²) in [4.78, 5) is 64.2. The molecule has 15 nitrogen and oxygen atoms in total. The molecule has 1 unspecified atom stereocenters. The predicted molar refractivity (Wildman–Crippen MR) is 146 cm³/mol. The average Bonchev–Trinajstić information content (AvgIpc) is 3.74. The summed E-state index contributed by atoms with van der Waals surface area (Å²) in [6, 6.07) is 2.80. The Kier molecular flexibility index (Phi) is 5.61. The maximum absolute atomic E-state index is 13.1. The summed E-state index contributed by atoms with van der Waals surface area (Å²) in [7, 11) is 0. The molecule has 4 atom stereocenters. The number of urea groups is 1. The highest BCUT2D eigenvalue weighted by Crippen LogP contribution is 2.45. The molecule has 7 heterocycles. The van der Waals surface area contributed by atoms with Gasteiger partial charge in [-0.05, 0) is 45.6 Å². The lowest BCUT2D eigenvalue weighted by Crippen LogP contribution is -2.46. The van der Waals surface area contributed by atoms with Crippen LogP contribution in [0.25, 0.3) is 16.8 Å². The van der Waals surface area contributed by atoms with Crippen molar-refractivity contribution in [2.75, 3.05) is 5.73 Å². The zero-order chi connectivity index (χ0) is 29.3. The first-order valence-corrected chi connectivity index (χ1v) is 13.6. The Morgan fingerprint density at radius 2 is 1.88 bits per heavy atom. The number of nitrogens with two attached hydrogens (primary N) is 1. The van der Waals surface area contributed by atoms with Gasteiger partial charge in [-0.25, -0.2) is 9.78 Å². The number of anilines is 1. The van der Waals surface area contributed by atoms with Crippen molar-refractivity contribution in [3.8, 4) is 11.1 Å². The summed E-state index contributed by atoms with van der Waals surface area (Å²) in [5, 5.41) is 16.9. The van der Waals surface area contributed by atoms with E-state index in [2.05, 4.69) is 35.9 Å². The molecule has 7 rings (SSSR count). The summed E-state index contributed by atoms with van der Waals surface area (Å²) in [5.41, 5.74) is 8.35. The number of hydrogen-bond donors (Lipinski definition) is 4. The van der Waals surface area contributed by atoms with Crippen molar-refractivity contribution in [3.63, 3.8) is 0 Å². The number of imide groups is 1. The topological polar surface area (TPSA) is 206 Å². The van der Waals surface area contributed by atoms with Gasteiger partial charge in [0.05, 0.1) is 23.1 Å². The van der Waals surface area contributed by atoms with E-state index in [0.717, 1.165) is 12.8 Å². The third-order valence-electron chi connectivity index (χ3n) is 8.67. The first kappa shape index (κ1) is 25.7. The van der Waals surface area contributed by atoms with E-state index >= 15 is 0 Å². The highest BCUT2D eigenvalue weighted by atomic mass is 16.2. The van der Waals surface area contributed by atoms with Gasteiger partial charge in [0.1, 0.15) is 12.1 Å². The predicted octanol–water partition coefficient (Wildman–Crippen LogP) is 1.30. The normalized spacial score (nSPS) is 25.1. The van der Waals surface area contributed by atoms with Crippen molar-refractivity contribution in [2.24, 2.45) is 0 Å². The molecule has 15 heteroatoms. The molecule has 0 radical (unpaired) electrons. The third kappa shape index (κ3) is 3.76. The molecule has 0 aliphatic carbocycles. The van der Waals surface area contributed by atoms with E-state index in [1.807, 2.05) is 4.90 Å². The molecule has 4 aromatic rings. The van der Waals surface area contributed by atoms with Gasteiger partial charge in [-0.3, -0.25) is 24.7 Å². The quantitative estimate of drug-likeness (QED) is 0.200. The van der Waals surface area contributed by atoms with Crippen LogP contribution < -0.4 is 16.4 Å². The number of amides is 4. The van der Waals surface area contributed by atoms with Crippen LogP contribution in [0, 0.1) is 0 Å². The van der Waals surface area contributed by atoms with Crippen molar-refractivity contribution in [3.05, 3.63) is 53.6 Å². The molecule has 3 fully saturated rings. The van der Waals surface area contributed by atoms with E-state index in [4.69, 9.17) is 10.7 Å². The lowest BCUT2D eigenvalue weighted by molar-refractivity contribution is -0.123. The fourth-order valence-corrected chi connectivity index (χ4v) is 6.63. The van der Waals surface area contributed by atoms with Gasteiger partial charge in [0, 0.05) is 35.3 Å². The fourth-order valence-electron chi connectivity index (χ4n) is 6.63. The summed E-state index contributed by atoms with van der Waals surface area (Å²) < 4.78 is 1.45. The number of rotatable bonds is 5. The number of ketones is 1. The Bertz CT molecular complexity index is 1770. The van der Waals surface area contributed by atoms with E-state index in [1.165, 1.54) is 17.8 Å². The second-order valence-corrected chi connectivity index (χ2v) is 11.2. The second-order valence-electron chi connectivity index (χ2n) is 11.2. The SMILES string of the molecule is CC(=O)c1c([C@H]2C[C@H]3CC[C@@H](C2)N3C(=O)c2nnc[nH]2)nc2c(-c3ccc(C4(C)NC(=O)NC4=O)nc3)cnn2c1N. The van der Waals surface area contributed by atoms with E-state index in [1.54, 1.807) is 31.5 Å². The van der Waals surface area contributed by atoms with Crippen molar-refractivity contribution >= 4 is 35.1 Å². The molecule has 4 aromatic heterocycles. The van der Waals surface area contributed by atoms with Crippen LogP contribution in [0.5, 0.6) is 0 Å². The standard InChI is InChI=1S/C27H27N11O4/c1-12(39)19-20(14-7-15-4-5-16(8-14)37(15)24(40)22-30-11-31-36-22)33-23-17(10-32-38(23)21(19)28)13-3-6-18(29-9-13)27(2)25(41)34-26(42)35-27/h3,6,9-11,14-16H,4-5,7-8,28H2,1-2H3,(H,30,31,36)(H2,34,35,41,42)/t14-,15+,16-,27?. The summed E-state index contributed by atoms with van der Waals surface area (Å²) in [6.45, 7) is 3.05. The lowest BCUT2D eigenvalue weighted by Gasteiger charge is -2.38. The molecule has 2 bridgehead atoms. The summed E-state index contributed by atoms with van der Waals surface area (Å²) in [6.07, 6.45) is 7.54. The number of nitrogen functional groups attached to an aromatic ring is 1. The van der Waals surface area contributed by atoms with Crippen LogP contribution in [0.1, 0.15) is 77.8 Å². The fraction of sp³-hybridized carbons (Fsp3) is 0.370. The van der Waals surface area contributed by atoms with E-state index < -0.39 is 17.5 Å². The van der Waals surface area contributed by atoms with Gasteiger partial charge >= 0.3 is 6.03 Å². The number of aromatic amines is 1. The van der Waals surface area contributed by atoms with Gasteiger partial charge in [0.25, 0.3) is 11.8 Å². The van der Waals surface area contributed by atoms with Gasteiger partial charge in [0.15, 0.2) is 17.0 Å². The summed E-state index contributed by atoms with van der Waals surface area (Å²) >= 11 is 0. The van der Waals surface area contributed by atoms with Crippen molar-refractivity contribution in [2.45, 2.75) is 63.1 Å². The minimum absolute atomic E-state index is 0.0267. The first-order valence-electron chi connectivity index (χ1n) is 13.6. The molecule has 3 aliphatic rings. The maximum atomic E-state index is 13.1. The second kappa shape index (κ2) is 9.15. The van der Waals surface area contributed by atoms with Crippen LogP contribution in [0.2, 0.25) is 0 Å². The number of aromatic nitrogens is 7. The Balaban J connectivity index is 1.25. The van der Waals surface area contributed by atoms with Crippen LogP contribution in [0.15, 0.2) is 30.9 Å². The zero-order valence-electron chi connectivity index (χ0n) is 22.8. The number of carbonyl (C=O) groups is 4. The van der Waals surface area contributed by atoms with Crippen LogP contribution in [-0.4, -0.2) is 75.4 Å². The van der Waals surface area contributed by atoms with Crippen molar-refractivity contribution in [1.29, 1.82) is 0 Å². The van der Waals surface area contributed by atoms with Gasteiger partial charge in [0.2, 0.25) is 5.82 Å². The van der Waals surface area contributed by atoms with Gasteiger partial charge < -0.3 is 20.9 Å². The minimum Gasteiger partial charge on any atom is -0.383 e. The molecule has 0 spiro atoms. The van der Waals surface area contributed by atoms with Crippen LogP contribution in [-0.2, 0) is 10.3 Å². The zero-order valence-corrected chi connectivity index (χ0v) is 22.8. The molecule has 5 N–H and O–H groups in total. The Morgan fingerprint density at radius 1 is 1.12 bits per heavy atom. The number of piperidine rings is 1. The number of H-pyrrole nitrogens is 1. The Hall–Kier alpha value is -5.21. The number of Topliss-reactive ketones (excluding diaryl/α,β-unsaturated/α-hetero) is 1. The number of fused-ring (bicyclic) bond motifs is 3. The van der Waals surface area contributed by atoms with Gasteiger partial charge in [-0.15, -0.1) is 10.2 Å². The molecule has 4 amide bonds. The van der Waals surface area contributed by atoms with E-state index in [0.29, 0.717) is 46.6 Å². The van der Waals surface area contributed by atoms with Gasteiger partial charge in [-0.2, -0.15) is 9.61 Å². The number of nitrogens with zero attached hydrogens (tertiary/aromatic N) is 7. The van der Waals surface area contributed by atoms with E-state index in [-0.39, 0.29) is 41.3 Å². The van der Waals surface area contributed by atoms with Crippen LogP contribution >= 0.6 is 0 Å². The smallest absolute Gasteiger partial charge is 0.322 e. The summed E-state index contributed by atoms with van der Waals surface area (Å²) in [5.74, 6) is -0.554. The molecule has 0 saturated carbocycles. The van der Waals surface area contributed by atoms with Crippen molar-refractivity contribution in [1.82, 2.24) is 50.3 Å². The highest BCUT2D eigenvalue weighted by Gasteiger charge is 2.46.